The van der Waals surface area contributed by atoms with Crippen molar-refractivity contribution in [2.75, 3.05) is 6.61 Å². The topological polar surface area (TPSA) is 46.5 Å². The number of hydrogen-bond donors (Lipinski definition) is 1. The van der Waals surface area contributed by atoms with Crippen molar-refractivity contribution in [1.82, 2.24) is 0 Å². The van der Waals surface area contributed by atoms with Gasteiger partial charge in [0.25, 0.3) is 0 Å². The zero-order chi connectivity index (χ0) is 13.8. The summed E-state index contributed by atoms with van der Waals surface area (Å²) in [5.74, 6) is -5.48. The van der Waals surface area contributed by atoms with E-state index in [4.69, 9.17) is 5.11 Å². The molecule has 0 aliphatic rings. The van der Waals surface area contributed by atoms with E-state index in [-0.39, 0.29) is 11.1 Å². The van der Waals surface area contributed by atoms with Crippen LogP contribution in [0, 0.1) is 0 Å². The minimum atomic E-state index is -4.24. The highest BCUT2D eigenvalue weighted by Gasteiger charge is 2.40. The zero-order valence-electron chi connectivity index (χ0n) is 9.08. The highest BCUT2D eigenvalue weighted by molar-refractivity contribution is 5.89. The predicted molar refractivity (Wildman–Crippen MR) is 54.0 cm³/mol. The summed E-state index contributed by atoms with van der Waals surface area (Å²) in [7, 11) is 0. The van der Waals surface area contributed by atoms with E-state index in [1.807, 2.05) is 0 Å². The van der Waals surface area contributed by atoms with Gasteiger partial charge in [-0.15, -0.1) is 0 Å². The third-order valence-electron chi connectivity index (χ3n) is 2.12. The fourth-order valence-electron chi connectivity index (χ4n) is 1.21. The lowest BCUT2D eigenvalue weighted by Gasteiger charge is -2.15. The number of carbonyl (C=O) groups is 1. The van der Waals surface area contributed by atoms with Crippen LogP contribution in [0.5, 0.6) is 0 Å². The van der Waals surface area contributed by atoms with Gasteiger partial charge in [0.05, 0.1) is 12.2 Å². The van der Waals surface area contributed by atoms with Crippen molar-refractivity contribution < 1.29 is 32.2 Å². The van der Waals surface area contributed by atoms with Gasteiger partial charge in [0.1, 0.15) is 6.61 Å². The molecule has 1 aromatic rings. The molecule has 0 aromatic heterocycles. The highest BCUT2D eigenvalue weighted by Crippen LogP contribution is 2.23. The van der Waals surface area contributed by atoms with Gasteiger partial charge in [0.2, 0.25) is 0 Å². The minimum absolute atomic E-state index is 0.113. The van der Waals surface area contributed by atoms with Crippen LogP contribution >= 0.6 is 0 Å². The van der Waals surface area contributed by atoms with Crippen molar-refractivity contribution in [2.24, 2.45) is 0 Å². The number of benzene rings is 1. The van der Waals surface area contributed by atoms with E-state index >= 15 is 0 Å². The maximum absolute atomic E-state index is 12.5. The molecule has 18 heavy (non-hydrogen) atoms. The Morgan fingerprint density at radius 2 is 1.94 bits per heavy atom. The Kier molecular flexibility index (Phi) is 4.66. The third kappa shape index (κ3) is 3.69. The second kappa shape index (κ2) is 5.81. The van der Waals surface area contributed by atoms with Crippen molar-refractivity contribution in [3.8, 4) is 0 Å². The Hall–Kier alpha value is -1.63. The van der Waals surface area contributed by atoms with Crippen LogP contribution in [-0.2, 0) is 11.3 Å². The second-order valence-corrected chi connectivity index (χ2v) is 3.52. The lowest BCUT2D eigenvalue weighted by atomic mass is 10.1. The molecule has 0 aliphatic heterocycles. The Balaban J connectivity index is 2.62. The van der Waals surface area contributed by atoms with Gasteiger partial charge in [-0.3, -0.25) is 0 Å². The number of carboxylic acids is 1. The van der Waals surface area contributed by atoms with E-state index in [1.54, 1.807) is 0 Å². The summed E-state index contributed by atoms with van der Waals surface area (Å²) in [4.78, 5) is 10.8. The monoisotopic (exact) mass is 266 g/mol. The molecule has 0 amide bonds. The van der Waals surface area contributed by atoms with E-state index < -0.39 is 31.5 Å². The van der Waals surface area contributed by atoms with Crippen molar-refractivity contribution in [1.29, 1.82) is 0 Å². The molecular formula is C11H10F4O3. The van der Waals surface area contributed by atoms with Gasteiger partial charge >= 0.3 is 18.3 Å². The smallest absolute Gasteiger partial charge is 0.336 e. The van der Waals surface area contributed by atoms with Gasteiger partial charge in [0.15, 0.2) is 0 Å². The van der Waals surface area contributed by atoms with Crippen LogP contribution in [0.1, 0.15) is 15.9 Å². The molecule has 1 aromatic carbocycles. The number of ether oxygens (including phenoxy) is 1. The molecule has 100 valence electrons. The van der Waals surface area contributed by atoms with Gasteiger partial charge in [-0.2, -0.15) is 8.78 Å². The molecule has 0 bridgehead atoms. The van der Waals surface area contributed by atoms with Crippen LogP contribution in [0.2, 0.25) is 0 Å². The van der Waals surface area contributed by atoms with Crippen molar-refractivity contribution >= 4 is 5.97 Å². The first-order valence-electron chi connectivity index (χ1n) is 4.89. The second-order valence-electron chi connectivity index (χ2n) is 3.52. The first kappa shape index (κ1) is 14.4. The van der Waals surface area contributed by atoms with Crippen LogP contribution in [0.3, 0.4) is 0 Å². The van der Waals surface area contributed by atoms with Crippen LogP contribution < -0.4 is 0 Å². The first-order chi connectivity index (χ1) is 8.34. The molecule has 0 saturated carbocycles. The van der Waals surface area contributed by atoms with Crippen LogP contribution in [-0.4, -0.2) is 30.0 Å². The molecule has 0 aliphatic carbocycles. The fourth-order valence-corrected chi connectivity index (χ4v) is 1.21. The minimum Gasteiger partial charge on any atom is -0.478 e. The Bertz CT molecular complexity index is 421. The molecule has 0 unspecified atom stereocenters. The molecule has 0 spiro atoms. The average Bonchev–Trinajstić information content (AvgIpc) is 2.29. The molecule has 1 rings (SSSR count). The van der Waals surface area contributed by atoms with Crippen molar-refractivity contribution in [3.63, 3.8) is 0 Å². The molecule has 7 heteroatoms. The van der Waals surface area contributed by atoms with Crippen LogP contribution in [0.4, 0.5) is 17.6 Å². The Labute approximate surface area is 100.0 Å². The zero-order valence-corrected chi connectivity index (χ0v) is 9.08. The summed E-state index contributed by atoms with van der Waals surface area (Å²) >= 11 is 0. The van der Waals surface area contributed by atoms with Crippen LogP contribution in [0.25, 0.3) is 0 Å². The molecule has 1 N–H and O–H groups in total. The summed E-state index contributed by atoms with van der Waals surface area (Å²) in [5, 5.41) is 8.79. The summed E-state index contributed by atoms with van der Waals surface area (Å²) in [6.45, 7) is -1.93. The number of halogens is 4. The first-order valence-corrected chi connectivity index (χ1v) is 4.89. The summed E-state index contributed by atoms with van der Waals surface area (Å²) in [6.07, 6.45) is -3.81. The van der Waals surface area contributed by atoms with E-state index in [2.05, 4.69) is 4.74 Å². The Morgan fingerprint density at radius 1 is 1.33 bits per heavy atom. The van der Waals surface area contributed by atoms with E-state index in [9.17, 15) is 22.4 Å². The van der Waals surface area contributed by atoms with E-state index in [0.717, 1.165) is 0 Å². The Morgan fingerprint density at radius 3 is 2.50 bits per heavy atom. The van der Waals surface area contributed by atoms with Gasteiger partial charge in [-0.1, -0.05) is 18.2 Å². The molecular weight excluding hydrogens is 256 g/mol. The van der Waals surface area contributed by atoms with E-state index in [1.165, 1.54) is 24.3 Å². The average molecular weight is 266 g/mol. The van der Waals surface area contributed by atoms with Gasteiger partial charge in [0, 0.05) is 0 Å². The van der Waals surface area contributed by atoms with Gasteiger partial charge < -0.3 is 9.84 Å². The van der Waals surface area contributed by atoms with Crippen molar-refractivity contribution in [2.45, 2.75) is 19.0 Å². The number of alkyl halides is 4. The molecule has 0 atom stereocenters. The molecule has 0 radical (unpaired) electrons. The number of carboxylic acid groups (broad SMARTS) is 1. The van der Waals surface area contributed by atoms with Gasteiger partial charge in [-0.05, 0) is 11.6 Å². The number of rotatable bonds is 6. The maximum Gasteiger partial charge on any atom is 0.336 e. The summed E-state index contributed by atoms with van der Waals surface area (Å²) in [5.41, 5.74) is 0.0351. The number of hydrogen-bond acceptors (Lipinski definition) is 2. The number of aromatic carboxylic acids is 1. The maximum atomic E-state index is 12.5. The molecule has 0 fully saturated rings. The molecule has 3 nitrogen and oxygen atoms in total. The normalized spacial score (nSPS) is 11.8. The van der Waals surface area contributed by atoms with Gasteiger partial charge in [-0.25, -0.2) is 13.6 Å². The lowest BCUT2D eigenvalue weighted by molar-refractivity contribution is -0.168. The summed E-state index contributed by atoms with van der Waals surface area (Å²) < 4.78 is 53.1. The standard InChI is InChI=1S/C11H10F4O3/c12-10(13)11(14,15)6-18-5-7-3-1-2-4-8(7)9(16)17/h1-4,10H,5-6H2,(H,16,17). The molecule has 0 saturated heterocycles. The van der Waals surface area contributed by atoms with Crippen molar-refractivity contribution in [3.05, 3.63) is 35.4 Å². The SMILES string of the molecule is O=C(O)c1ccccc1COCC(F)(F)C(F)F. The lowest BCUT2D eigenvalue weighted by Crippen LogP contribution is -2.32. The van der Waals surface area contributed by atoms with E-state index in [0.29, 0.717) is 0 Å². The summed E-state index contributed by atoms with van der Waals surface area (Å²) in [6, 6.07) is 5.59. The fraction of sp³-hybridized carbons (Fsp3) is 0.364. The third-order valence-corrected chi connectivity index (χ3v) is 2.12. The largest absolute Gasteiger partial charge is 0.478 e. The van der Waals surface area contributed by atoms with Crippen LogP contribution in [0.15, 0.2) is 24.3 Å². The quantitative estimate of drug-likeness (QED) is 0.805. The highest BCUT2D eigenvalue weighted by atomic mass is 19.3. The predicted octanol–water partition coefficient (Wildman–Crippen LogP) is 2.80. The molecule has 0 heterocycles.